The summed E-state index contributed by atoms with van der Waals surface area (Å²) < 4.78 is 26.3. The molecule has 0 aliphatic rings. The molecule has 2 aromatic carbocycles. The van der Waals surface area contributed by atoms with Crippen molar-refractivity contribution in [2.75, 3.05) is 10.6 Å². The van der Waals surface area contributed by atoms with Gasteiger partial charge in [-0.3, -0.25) is 9.10 Å². The predicted molar refractivity (Wildman–Crippen MR) is 120 cm³/mol. The van der Waals surface area contributed by atoms with Crippen LogP contribution in [0.5, 0.6) is 0 Å². The fourth-order valence-electron chi connectivity index (χ4n) is 3.37. The van der Waals surface area contributed by atoms with Crippen LogP contribution in [-0.4, -0.2) is 26.6 Å². The Hall–Kier alpha value is -2.34. The minimum atomic E-state index is -3.64. The number of anilines is 1. The van der Waals surface area contributed by atoms with Gasteiger partial charge in [0.25, 0.3) is 0 Å². The number of rotatable bonds is 7. The van der Waals surface area contributed by atoms with Crippen molar-refractivity contribution >= 4 is 21.6 Å². The number of nitrogens with one attached hydrogen (secondary N) is 1. The Morgan fingerprint density at radius 3 is 2.00 bits per heavy atom. The summed E-state index contributed by atoms with van der Waals surface area (Å²) >= 11 is 0. The van der Waals surface area contributed by atoms with Gasteiger partial charge in [0.05, 0.1) is 18.0 Å². The summed E-state index contributed by atoms with van der Waals surface area (Å²) in [7, 11) is -3.64. The fourth-order valence-corrected chi connectivity index (χ4v) is 4.53. The van der Waals surface area contributed by atoms with Crippen molar-refractivity contribution in [2.45, 2.75) is 60.0 Å². The molecule has 0 unspecified atom stereocenters. The predicted octanol–water partition coefficient (Wildman–Crippen LogP) is 4.34. The third-order valence-corrected chi connectivity index (χ3v) is 6.73. The van der Waals surface area contributed by atoms with E-state index in [0.717, 1.165) is 28.5 Å². The maximum absolute atomic E-state index is 13.0. The molecule has 0 radical (unpaired) electrons. The molecule has 5 nitrogen and oxygen atoms in total. The summed E-state index contributed by atoms with van der Waals surface area (Å²) in [4.78, 5) is 13.0. The van der Waals surface area contributed by atoms with Crippen LogP contribution >= 0.6 is 0 Å². The molecular formula is C23H32N2O3S. The Kier molecular flexibility index (Phi) is 7.11. The Bertz CT molecular complexity index is 999. The second kappa shape index (κ2) is 8.99. The third kappa shape index (κ3) is 5.38. The van der Waals surface area contributed by atoms with E-state index in [1.165, 1.54) is 9.87 Å². The highest BCUT2D eigenvalue weighted by Gasteiger charge is 2.30. The highest BCUT2D eigenvalue weighted by Crippen LogP contribution is 2.25. The molecule has 0 bridgehead atoms. The maximum atomic E-state index is 13.0. The summed E-state index contributed by atoms with van der Waals surface area (Å²) in [5.74, 6) is -0.321. The first kappa shape index (κ1) is 22.9. The topological polar surface area (TPSA) is 66.5 Å². The number of nitrogens with zero attached hydrogens (tertiary/aromatic N) is 1. The van der Waals surface area contributed by atoms with Gasteiger partial charge in [0.2, 0.25) is 15.9 Å². The van der Waals surface area contributed by atoms with Crippen molar-refractivity contribution in [3.63, 3.8) is 0 Å². The summed E-state index contributed by atoms with van der Waals surface area (Å²) in [6, 6.07) is 10.5. The number of benzene rings is 2. The molecule has 0 fully saturated rings. The van der Waals surface area contributed by atoms with Crippen molar-refractivity contribution in [1.29, 1.82) is 0 Å². The summed E-state index contributed by atoms with van der Waals surface area (Å²) in [6.07, 6.45) is 1.84. The van der Waals surface area contributed by atoms with Crippen molar-refractivity contribution < 1.29 is 13.2 Å². The van der Waals surface area contributed by atoms with Gasteiger partial charge < -0.3 is 5.32 Å². The lowest BCUT2D eigenvalue weighted by Gasteiger charge is -2.30. The van der Waals surface area contributed by atoms with Crippen LogP contribution in [0.15, 0.2) is 36.4 Å². The van der Waals surface area contributed by atoms with Gasteiger partial charge in [0.15, 0.2) is 0 Å². The second-order valence-corrected chi connectivity index (χ2v) is 9.68. The Morgan fingerprint density at radius 1 is 0.966 bits per heavy atom. The Balaban J connectivity index is 2.32. The van der Waals surface area contributed by atoms with Gasteiger partial charge in [-0.15, -0.1) is 0 Å². The maximum Gasteiger partial charge on any atom is 0.244 e. The molecule has 158 valence electrons. The van der Waals surface area contributed by atoms with E-state index >= 15 is 0 Å². The molecule has 2 aromatic rings. The SMILES string of the molecule is CC[C@H](NC(=O)[C@@H](C)N(c1ccc(C)c(C)c1)S(C)(=O)=O)c1ccc(C)c(C)c1. The van der Waals surface area contributed by atoms with Crippen LogP contribution in [0.3, 0.4) is 0 Å². The first-order valence-corrected chi connectivity index (χ1v) is 11.7. The minimum absolute atomic E-state index is 0.176. The Morgan fingerprint density at radius 2 is 1.52 bits per heavy atom. The standard InChI is InChI=1S/C23H32N2O3S/c1-8-22(20-11-9-15(2)17(4)13-20)24-23(26)19(6)25(29(7,27)28)21-12-10-16(3)18(5)14-21/h9-14,19,22H,8H2,1-7H3,(H,24,26)/t19-,22+/m1/s1. The van der Waals surface area contributed by atoms with Gasteiger partial charge in [0, 0.05) is 0 Å². The molecule has 0 aliphatic heterocycles. The van der Waals surface area contributed by atoms with Crippen molar-refractivity contribution in [3.8, 4) is 0 Å². The number of hydrogen-bond acceptors (Lipinski definition) is 3. The largest absolute Gasteiger partial charge is 0.347 e. The molecule has 0 heterocycles. The van der Waals surface area contributed by atoms with E-state index in [9.17, 15) is 13.2 Å². The van der Waals surface area contributed by atoms with Gasteiger partial charge >= 0.3 is 0 Å². The average molecular weight is 417 g/mol. The molecule has 0 aromatic heterocycles. The summed E-state index contributed by atoms with van der Waals surface area (Å²) in [5, 5.41) is 3.03. The molecule has 0 spiro atoms. The monoisotopic (exact) mass is 416 g/mol. The first-order valence-electron chi connectivity index (χ1n) is 9.89. The number of hydrogen-bond donors (Lipinski definition) is 1. The molecule has 0 saturated carbocycles. The highest BCUT2D eigenvalue weighted by molar-refractivity contribution is 7.92. The average Bonchev–Trinajstić information content (AvgIpc) is 2.63. The summed E-state index contributed by atoms with van der Waals surface area (Å²) in [6.45, 7) is 11.6. The molecule has 1 amide bonds. The van der Waals surface area contributed by atoms with Crippen LogP contribution in [0.4, 0.5) is 5.69 Å². The van der Waals surface area contributed by atoms with Crippen LogP contribution < -0.4 is 9.62 Å². The number of carbonyl (C=O) groups is 1. The van der Waals surface area contributed by atoms with E-state index in [2.05, 4.69) is 11.4 Å². The van der Waals surface area contributed by atoms with Crippen molar-refractivity contribution in [1.82, 2.24) is 5.32 Å². The van der Waals surface area contributed by atoms with E-state index < -0.39 is 16.1 Å². The Labute approximate surface area is 175 Å². The minimum Gasteiger partial charge on any atom is -0.347 e. The van der Waals surface area contributed by atoms with E-state index in [-0.39, 0.29) is 11.9 Å². The van der Waals surface area contributed by atoms with Crippen LogP contribution in [0.2, 0.25) is 0 Å². The van der Waals surface area contributed by atoms with E-state index in [1.54, 1.807) is 19.1 Å². The highest BCUT2D eigenvalue weighted by atomic mass is 32.2. The summed E-state index contributed by atoms with van der Waals surface area (Å²) in [5.41, 5.74) is 5.92. The molecule has 0 aliphatic carbocycles. The molecule has 2 atom stereocenters. The first-order chi connectivity index (χ1) is 13.5. The normalized spacial score (nSPS) is 13.6. The number of carbonyl (C=O) groups excluding carboxylic acids is 1. The van der Waals surface area contributed by atoms with E-state index in [0.29, 0.717) is 12.1 Å². The van der Waals surface area contributed by atoms with Gasteiger partial charge in [-0.2, -0.15) is 0 Å². The smallest absolute Gasteiger partial charge is 0.244 e. The van der Waals surface area contributed by atoms with Gasteiger partial charge in [-0.25, -0.2) is 8.42 Å². The molecule has 1 N–H and O–H groups in total. The quantitative estimate of drug-likeness (QED) is 0.730. The zero-order valence-corrected chi connectivity index (χ0v) is 19.2. The number of sulfonamides is 1. The van der Waals surface area contributed by atoms with E-state index in [1.807, 2.05) is 52.8 Å². The lowest BCUT2D eigenvalue weighted by molar-refractivity contribution is -0.122. The van der Waals surface area contributed by atoms with Crippen molar-refractivity contribution in [2.24, 2.45) is 0 Å². The van der Waals surface area contributed by atoms with Crippen LogP contribution in [0.1, 0.15) is 54.1 Å². The number of amides is 1. The molecule has 2 rings (SSSR count). The lowest BCUT2D eigenvalue weighted by Crippen LogP contribution is -2.48. The van der Waals surface area contributed by atoms with E-state index in [4.69, 9.17) is 0 Å². The third-order valence-electron chi connectivity index (χ3n) is 5.49. The zero-order valence-electron chi connectivity index (χ0n) is 18.4. The zero-order chi connectivity index (χ0) is 21.9. The molecule has 6 heteroatoms. The molecule has 0 saturated heterocycles. The molecule has 29 heavy (non-hydrogen) atoms. The fraction of sp³-hybridized carbons (Fsp3) is 0.435. The van der Waals surface area contributed by atoms with Crippen LogP contribution in [0.25, 0.3) is 0 Å². The van der Waals surface area contributed by atoms with Crippen LogP contribution in [0, 0.1) is 27.7 Å². The number of aryl methyl sites for hydroxylation is 4. The second-order valence-electron chi connectivity index (χ2n) is 7.82. The van der Waals surface area contributed by atoms with Crippen LogP contribution in [-0.2, 0) is 14.8 Å². The van der Waals surface area contributed by atoms with Gasteiger partial charge in [-0.05, 0) is 81.0 Å². The van der Waals surface area contributed by atoms with Crippen molar-refractivity contribution in [3.05, 3.63) is 64.2 Å². The van der Waals surface area contributed by atoms with Gasteiger partial charge in [0.1, 0.15) is 6.04 Å². The molecular weight excluding hydrogens is 384 g/mol. The lowest BCUT2D eigenvalue weighted by atomic mass is 9.99. The van der Waals surface area contributed by atoms with Gasteiger partial charge in [-0.1, -0.05) is 31.2 Å².